The molecule has 0 radical (unpaired) electrons. The van der Waals surface area contributed by atoms with Crippen molar-refractivity contribution in [2.24, 2.45) is 0 Å². The average Bonchev–Trinajstić information content (AvgIpc) is 2.74. The number of para-hydroxylation sites is 1. The summed E-state index contributed by atoms with van der Waals surface area (Å²) in [4.78, 5) is 25.1. The van der Waals surface area contributed by atoms with Gasteiger partial charge in [-0.3, -0.25) is 0 Å². The Morgan fingerprint density at radius 3 is 2.56 bits per heavy atom. The Bertz CT molecular complexity index is 1190. The zero-order chi connectivity index (χ0) is 23.5. The van der Waals surface area contributed by atoms with Crippen LogP contribution in [0.5, 0.6) is 5.75 Å². The summed E-state index contributed by atoms with van der Waals surface area (Å²) in [6.45, 7) is 3.11. The lowest BCUT2D eigenvalue weighted by atomic mass is 9.95. The lowest BCUT2D eigenvalue weighted by Gasteiger charge is -2.30. The van der Waals surface area contributed by atoms with Gasteiger partial charge in [0.1, 0.15) is 11.6 Å². The molecule has 1 aliphatic heterocycles. The quantitative estimate of drug-likeness (QED) is 0.484. The molecule has 0 saturated carbocycles. The Kier molecular flexibility index (Phi) is 6.83. The number of sulfone groups is 1. The number of aryl methyl sites for hydroxylation is 1. The molecule has 2 amide bonds. The van der Waals surface area contributed by atoms with Gasteiger partial charge in [-0.25, -0.2) is 22.4 Å². The number of rotatable bonds is 7. The molecular formula is C22H23FN2O6S. The summed E-state index contributed by atoms with van der Waals surface area (Å²) in [6, 6.07) is 8.45. The molecule has 10 heteroatoms. The molecule has 3 rings (SSSR count). The van der Waals surface area contributed by atoms with Crippen molar-refractivity contribution >= 4 is 21.8 Å². The third kappa shape index (κ3) is 4.75. The van der Waals surface area contributed by atoms with Crippen LogP contribution in [0.15, 0.2) is 58.6 Å². The van der Waals surface area contributed by atoms with Crippen LogP contribution in [0.1, 0.15) is 24.1 Å². The second-order valence-corrected chi connectivity index (χ2v) is 9.05. The van der Waals surface area contributed by atoms with Gasteiger partial charge in [0.2, 0.25) is 0 Å². The molecule has 1 aliphatic rings. The Morgan fingerprint density at radius 1 is 1.19 bits per heavy atom. The molecule has 0 aliphatic carbocycles. The van der Waals surface area contributed by atoms with E-state index in [-0.39, 0.29) is 28.3 Å². The van der Waals surface area contributed by atoms with E-state index in [4.69, 9.17) is 9.47 Å². The summed E-state index contributed by atoms with van der Waals surface area (Å²) in [6.07, 6.45) is 0. The molecule has 0 bridgehead atoms. The van der Waals surface area contributed by atoms with Crippen molar-refractivity contribution < 1.29 is 31.9 Å². The minimum Gasteiger partial charge on any atom is -0.496 e. The molecule has 0 fully saturated rings. The third-order valence-corrected chi connectivity index (χ3v) is 6.56. The number of carbonyl (C=O) groups excluding carboxylic acids is 2. The van der Waals surface area contributed by atoms with Crippen LogP contribution in [0.4, 0.5) is 9.18 Å². The summed E-state index contributed by atoms with van der Waals surface area (Å²) in [5.41, 5.74) is 0.441. The fourth-order valence-corrected chi connectivity index (χ4v) is 4.81. The molecule has 0 saturated heterocycles. The second-order valence-electron chi connectivity index (χ2n) is 7.06. The molecule has 2 aromatic rings. The first-order valence-electron chi connectivity index (χ1n) is 9.77. The maximum Gasteiger partial charge on any atom is 0.338 e. The first kappa shape index (κ1) is 23.3. The number of hydrogen-bond acceptors (Lipinski definition) is 6. The molecule has 8 nitrogen and oxygen atoms in total. The first-order chi connectivity index (χ1) is 15.2. The second kappa shape index (κ2) is 9.39. The lowest BCUT2D eigenvalue weighted by molar-refractivity contribution is -0.139. The van der Waals surface area contributed by atoms with E-state index in [0.29, 0.717) is 11.3 Å². The number of hydrogen-bond donors (Lipinski definition) is 2. The van der Waals surface area contributed by atoms with Crippen LogP contribution < -0.4 is 15.4 Å². The number of esters is 1. The van der Waals surface area contributed by atoms with Gasteiger partial charge < -0.3 is 20.1 Å². The zero-order valence-electron chi connectivity index (χ0n) is 17.8. The van der Waals surface area contributed by atoms with E-state index in [1.165, 1.54) is 20.1 Å². The fourth-order valence-electron chi connectivity index (χ4n) is 3.40. The maximum atomic E-state index is 13.6. The third-order valence-electron chi connectivity index (χ3n) is 4.92. The zero-order valence-corrected chi connectivity index (χ0v) is 18.6. The summed E-state index contributed by atoms with van der Waals surface area (Å²) >= 11 is 0. The fraction of sp³-hybridized carbons (Fsp3) is 0.273. The van der Waals surface area contributed by atoms with Crippen molar-refractivity contribution in [3.8, 4) is 5.75 Å². The highest BCUT2D eigenvalue weighted by molar-refractivity contribution is 7.91. The predicted molar refractivity (Wildman–Crippen MR) is 114 cm³/mol. The minimum atomic E-state index is -4.03. The Labute approximate surface area is 185 Å². The topological polar surface area (TPSA) is 111 Å². The van der Waals surface area contributed by atoms with Gasteiger partial charge in [-0.1, -0.05) is 18.2 Å². The number of ether oxygens (including phenoxy) is 2. The van der Waals surface area contributed by atoms with Gasteiger partial charge in [-0.2, -0.15) is 0 Å². The van der Waals surface area contributed by atoms with Crippen molar-refractivity contribution in [1.29, 1.82) is 0 Å². The molecular weight excluding hydrogens is 439 g/mol. The molecule has 2 aromatic carbocycles. The summed E-state index contributed by atoms with van der Waals surface area (Å²) in [5, 5.41) is 5.07. The highest BCUT2D eigenvalue weighted by Crippen LogP contribution is 2.34. The number of carbonyl (C=O) groups is 2. The average molecular weight is 462 g/mol. The molecule has 1 atom stereocenters. The summed E-state index contributed by atoms with van der Waals surface area (Å²) < 4.78 is 50.2. The van der Waals surface area contributed by atoms with Crippen LogP contribution in [0.3, 0.4) is 0 Å². The van der Waals surface area contributed by atoms with Crippen molar-refractivity contribution in [3.63, 3.8) is 0 Å². The van der Waals surface area contributed by atoms with E-state index >= 15 is 0 Å². The van der Waals surface area contributed by atoms with Gasteiger partial charge in [-0.05, 0) is 43.7 Å². The van der Waals surface area contributed by atoms with Gasteiger partial charge in [0.15, 0.2) is 9.84 Å². The van der Waals surface area contributed by atoms with E-state index in [1.54, 1.807) is 31.2 Å². The van der Waals surface area contributed by atoms with E-state index < -0.39 is 39.4 Å². The molecule has 0 unspecified atom stereocenters. The highest BCUT2D eigenvalue weighted by atomic mass is 32.2. The molecule has 0 aromatic heterocycles. The van der Waals surface area contributed by atoms with Crippen LogP contribution in [-0.4, -0.2) is 39.9 Å². The number of benzene rings is 2. The molecule has 32 heavy (non-hydrogen) atoms. The number of nitrogens with one attached hydrogen (secondary N) is 2. The van der Waals surface area contributed by atoms with Gasteiger partial charge in [0.05, 0.1) is 36.0 Å². The number of halogens is 1. The Morgan fingerprint density at radius 2 is 1.91 bits per heavy atom. The molecule has 0 spiro atoms. The first-order valence-corrected chi connectivity index (χ1v) is 11.4. The van der Waals surface area contributed by atoms with Crippen LogP contribution in [0.25, 0.3) is 0 Å². The SMILES string of the molecule is CCOC(=O)C1=C(CS(=O)(=O)c2ccc(F)c(C)c2)NC(=O)N[C@@H]1c1ccccc1OC. The number of urea groups is 1. The summed E-state index contributed by atoms with van der Waals surface area (Å²) in [5.74, 6) is -1.61. The molecule has 170 valence electrons. The van der Waals surface area contributed by atoms with Crippen molar-refractivity contribution in [1.82, 2.24) is 10.6 Å². The monoisotopic (exact) mass is 462 g/mol. The molecule has 1 heterocycles. The van der Waals surface area contributed by atoms with Gasteiger partial charge in [0.25, 0.3) is 0 Å². The van der Waals surface area contributed by atoms with Crippen LogP contribution in [0, 0.1) is 12.7 Å². The maximum absolute atomic E-state index is 13.6. The van der Waals surface area contributed by atoms with Crippen LogP contribution in [0.2, 0.25) is 0 Å². The van der Waals surface area contributed by atoms with Gasteiger partial charge >= 0.3 is 12.0 Å². The Balaban J connectivity index is 2.14. The predicted octanol–water partition coefficient (Wildman–Crippen LogP) is 2.79. The van der Waals surface area contributed by atoms with Crippen molar-refractivity contribution in [2.75, 3.05) is 19.5 Å². The normalized spacial score (nSPS) is 16.2. The number of methoxy groups -OCH3 is 1. The summed E-state index contributed by atoms with van der Waals surface area (Å²) in [7, 11) is -2.59. The van der Waals surface area contributed by atoms with Gasteiger partial charge in [-0.15, -0.1) is 0 Å². The molecule has 2 N–H and O–H groups in total. The van der Waals surface area contributed by atoms with E-state index in [9.17, 15) is 22.4 Å². The largest absolute Gasteiger partial charge is 0.496 e. The van der Waals surface area contributed by atoms with E-state index in [2.05, 4.69) is 10.6 Å². The van der Waals surface area contributed by atoms with E-state index in [1.807, 2.05) is 0 Å². The standard InChI is InChI=1S/C22H23FN2O6S/c1-4-31-21(26)19-17(12-32(28,29)14-9-10-16(23)13(2)11-14)24-22(27)25-20(19)15-7-5-6-8-18(15)30-3/h5-11,20H,4,12H2,1-3H3,(H2,24,25,27)/t20-/m1/s1. The smallest absolute Gasteiger partial charge is 0.338 e. The van der Waals surface area contributed by atoms with E-state index in [0.717, 1.165) is 12.1 Å². The highest BCUT2D eigenvalue weighted by Gasteiger charge is 2.37. The van der Waals surface area contributed by atoms with Crippen molar-refractivity contribution in [3.05, 3.63) is 70.7 Å². The van der Waals surface area contributed by atoms with Gasteiger partial charge in [0, 0.05) is 11.3 Å². The van der Waals surface area contributed by atoms with Crippen LogP contribution in [-0.2, 0) is 19.4 Å². The van der Waals surface area contributed by atoms with Crippen molar-refractivity contribution in [2.45, 2.75) is 24.8 Å². The Hall–Kier alpha value is -3.40. The minimum absolute atomic E-state index is 0.0477. The lowest BCUT2D eigenvalue weighted by Crippen LogP contribution is -2.47. The van der Waals surface area contributed by atoms with Crippen LogP contribution >= 0.6 is 0 Å². The number of amides is 2.